The summed E-state index contributed by atoms with van der Waals surface area (Å²) in [4.78, 5) is 31.3. The van der Waals surface area contributed by atoms with E-state index >= 15 is 0 Å². The predicted octanol–water partition coefficient (Wildman–Crippen LogP) is 2.84. The maximum absolute atomic E-state index is 12.6. The smallest absolute Gasteiger partial charge is 0.349 e. The van der Waals surface area contributed by atoms with Gasteiger partial charge in [-0.05, 0) is 43.0 Å². The van der Waals surface area contributed by atoms with E-state index in [0.29, 0.717) is 29.2 Å². The molecule has 0 unspecified atom stereocenters. The lowest BCUT2D eigenvalue weighted by Crippen LogP contribution is -2.39. The highest BCUT2D eigenvalue weighted by Gasteiger charge is 2.21. The van der Waals surface area contributed by atoms with E-state index in [1.807, 2.05) is 12.3 Å². The van der Waals surface area contributed by atoms with Crippen molar-refractivity contribution in [2.75, 3.05) is 31.6 Å². The Labute approximate surface area is 168 Å². The number of ether oxygens (including phenoxy) is 1. The van der Waals surface area contributed by atoms with Crippen LogP contribution >= 0.6 is 0 Å². The van der Waals surface area contributed by atoms with Crippen LogP contribution in [0.2, 0.25) is 0 Å². The molecule has 0 radical (unpaired) electrons. The van der Waals surface area contributed by atoms with E-state index in [4.69, 9.17) is 9.15 Å². The first kappa shape index (κ1) is 19.0. The Morgan fingerprint density at radius 3 is 2.83 bits per heavy atom. The van der Waals surface area contributed by atoms with Crippen LogP contribution in [0.15, 0.2) is 58.0 Å². The zero-order valence-corrected chi connectivity index (χ0v) is 16.3. The highest BCUT2D eigenvalue weighted by Crippen LogP contribution is 2.25. The van der Waals surface area contributed by atoms with E-state index in [-0.39, 0.29) is 5.56 Å². The first-order valence-corrected chi connectivity index (χ1v) is 9.70. The Bertz CT molecular complexity index is 1060. The van der Waals surface area contributed by atoms with Gasteiger partial charge in [0.15, 0.2) is 11.3 Å². The van der Waals surface area contributed by atoms with Crippen molar-refractivity contribution < 1.29 is 13.9 Å². The number of hydrogen-bond acceptors (Lipinski definition) is 6. The number of carbonyl (C=O) groups is 1. The van der Waals surface area contributed by atoms with Crippen molar-refractivity contribution in [1.29, 1.82) is 0 Å². The minimum atomic E-state index is -0.661. The number of aromatic nitrogens is 1. The third-order valence-corrected chi connectivity index (χ3v) is 5.37. The number of methoxy groups -OCH3 is 1. The zero-order valence-electron chi connectivity index (χ0n) is 16.3. The molecule has 3 aromatic rings. The molecule has 150 valence electrons. The van der Waals surface area contributed by atoms with E-state index in [2.05, 4.69) is 21.3 Å². The Morgan fingerprint density at radius 1 is 1.28 bits per heavy atom. The summed E-state index contributed by atoms with van der Waals surface area (Å²) in [5.74, 6) is 0.435. The van der Waals surface area contributed by atoms with Crippen molar-refractivity contribution in [2.24, 2.45) is 5.92 Å². The lowest BCUT2D eigenvalue weighted by molar-refractivity contribution is 0.0941. The van der Waals surface area contributed by atoms with Gasteiger partial charge >= 0.3 is 5.63 Å². The van der Waals surface area contributed by atoms with Crippen LogP contribution in [0, 0.1) is 5.92 Å². The van der Waals surface area contributed by atoms with Crippen LogP contribution in [0.3, 0.4) is 0 Å². The number of rotatable bonds is 5. The van der Waals surface area contributed by atoms with Gasteiger partial charge in [0.25, 0.3) is 5.91 Å². The van der Waals surface area contributed by atoms with Crippen LogP contribution < -0.4 is 20.6 Å². The second-order valence-electron chi connectivity index (χ2n) is 7.18. The molecule has 7 heteroatoms. The quantitative estimate of drug-likeness (QED) is 0.671. The monoisotopic (exact) mass is 393 g/mol. The summed E-state index contributed by atoms with van der Waals surface area (Å²) in [6.07, 6.45) is 5.58. The summed E-state index contributed by atoms with van der Waals surface area (Å²) >= 11 is 0. The number of para-hydroxylation sites is 1. The summed E-state index contributed by atoms with van der Waals surface area (Å²) in [6.45, 7) is 2.38. The first-order chi connectivity index (χ1) is 14.2. The highest BCUT2D eigenvalue weighted by molar-refractivity contribution is 5.97. The molecule has 1 amide bonds. The average molecular weight is 393 g/mol. The Morgan fingerprint density at radius 2 is 2.10 bits per heavy atom. The topological polar surface area (TPSA) is 84.7 Å². The van der Waals surface area contributed by atoms with E-state index in [1.165, 1.54) is 7.11 Å². The molecule has 0 aliphatic carbocycles. The van der Waals surface area contributed by atoms with Gasteiger partial charge in [0, 0.05) is 31.2 Å². The molecule has 0 saturated carbocycles. The normalized spacial score (nSPS) is 14.7. The molecule has 0 bridgehead atoms. The Balaban J connectivity index is 1.38. The largest absolute Gasteiger partial charge is 0.493 e. The molecule has 3 heterocycles. The molecule has 1 aromatic carbocycles. The molecule has 1 saturated heterocycles. The second-order valence-corrected chi connectivity index (χ2v) is 7.18. The third kappa shape index (κ3) is 4.08. The number of pyridine rings is 1. The van der Waals surface area contributed by atoms with Crippen LogP contribution in [-0.4, -0.2) is 37.6 Å². The zero-order chi connectivity index (χ0) is 20.2. The van der Waals surface area contributed by atoms with Gasteiger partial charge in [-0.25, -0.2) is 4.79 Å². The number of benzene rings is 1. The van der Waals surface area contributed by atoms with Gasteiger partial charge < -0.3 is 19.4 Å². The van der Waals surface area contributed by atoms with Gasteiger partial charge in [0.2, 0.25) is 0 Å². The molecular weight excluding hydrogens is 370 g/mol. The van der Waals surface area contributed by atoms with E-state index in [1.54, 1.807) is 30.5 Å². The molecular formula is C22H23N3O4. The molecule has 29 heavy (non-hydrogen) atoms. The molecule has 1 N–H and O–H groups in total. The van der Waals surface area contributed by atoms with Crippen LogP contribution in [0.25, 0.3) is 11.0 Å². The summed E-state index contributed by atoms with van der Waals surface area (Å²) in [5, 5.41) is 3.55. The number of nitrogens with one attached hydrogen (secondary N) is 1. The maximum Gasteiger partial charge on any atom is 0.349 e. The molecule has 1 aliphatic rings. The van der Waals surface area contributed by atoms with Gasteiger partial charge in [-0.15, -0.1) is 0 Å². The van der Waals surface area contributed by atoms with Crippen molar-refractivity contribution in [2.45, 2.75) is 12.8 Å². The van der Waals surface area contributed by atoms with E-state index in [9.17, 15) is 9.59 Å². The number of amides is 1. The lowest BCUT2D eigenvalue weighted by Gasteiger charge is -2.33. The van der Waals surface area contributed by atoms with E-state index in [0.717, 1.165) is 31.6 Å². The minimum Gasteiger partial charge on any atom is -0.493 e. The number of fused-ring (bicyclic) bond motifs is 1. The fourth-order valence-corrected chi connectivity index (χ4v) is 3.71. The average Bonchev–Trinajstić information content (AvgIpc) is 2.77. The second kappa shape index (κ2) is 8.34. The number of nitrogens with zero attached hydrogens (tertiary/aromatic N) is 2. The summed E-state index contributed by atoms with van der Waals surface area (Å²) in [7, 11) is 1.51. The summed E-state index contributed by atoms with van der Waals surface area (Å²) in [5.41, 5.74) is 0.822. The van der Waals surface area contributed by atoms with Gasteiger partial charge in [-0.3, -0.25) is 9.78 Å². The molecule has 0 spiro atoms. The standard InChI is InChI=1S/C22H23N3O4/c1-28-19-6-2-4-16-12-18(22(27)29-20(16)19)21(26)24-13-15-7-10-25(11-8-15)17-5-3-9-23-14-17/h2-6,9,12,14-15H,7-8,10-11,13H2,1H3,(H,24,26). The predicted molar refractivity (Wildman–Crippen MR) is 111 cm³/mol. The summed E-state index contributed by atoms with van der Waals surface area (Å²) < 4.78 is 10.5. The van der Waals surface area contributed by atoms with Crippen molar-refractivity contribution in [3.8, 4) is 5.75 Å². The Kier molecular flexibility index (Phi) is 5.46. The van der Waals surface area contributed by atoms with Gasteiger partial charge in [0.1, 0.15) is 5.56 Å². The third-order valence-electron chi connectivity index (χ3n) is 5.37. The highest BCUT2D eigenvalue weighted by atomic mass is 16.5. The lowest BCUT2D eigenvalue weighted by atomic mass is 9.96. The molecule has 4 rings (SSSR count). The van der Waals surface area contributed by atoms with Crippen LogP contribution in [0.5, 0.6) is 5.75 Å². The molecule has 1 aliphatic heterocycles. The minimum absolute atomic E-state index is 0.0125. The first-order valence-electron chi connectivity index (χ1n) is 9.70. The summed E-state index contributed by atoms with van der Waals surface area (Å²) in [6, 6.07) is 10.8. The van der Waals surface area contributed by atoms with Crippen LogP contribution in [0.1, 0.15) is 23.2 Å². The fraction of sp³-hybridized carbons (Fsp3) is 0.318. The number of hydrogen-bond donors (Lipinski definition) is 1. The Hall–Kier alpha value is -3.35. The number of carbonyl (C=O) groups excluding carboxylic acids is 1. The molecule has 0 atom stereocenters. The van der Waals surface area contributed by atoms with Gasteiger partial charge in [-0.2, -0.15) is 0 Å². The number of anilines is 1. The fourth-order valence-electron chi connectivity index (χ4n) is 3.71. The van der Waals surface area contributed by atoms with Crippen molar-refractivity contribution in [1.82, 2.24) is 10.3 Å². The molecule has 1 fully saturated rings. The van der Waals surface area contributed by atoms with Crippen molar-refractivity contribution >= 4 is 22.6 Å². The van der Waals surface area contributed by atoms with E-state index < -0.39 is 11.5 Å². The van der Waals surface area contributed by atoms with Crippen molar-refractivity contribution in [3.63, 3.8) is 0 Å². The maximum atomic E-state index is 12.6. The van der Waals surface area contributed by atoms with Gasteiger partial charge in [0.05, 0.1) is 19.0 Å². The number of piperidine rings is 1. The molecule has 7 nitrogen and oxygen atoms in total. The van der Waals surface area contributed by atoms with Crippen LogP contribution in [-0.2, 0) is 0 Å². The molecule has 2 aromatic heterocycles. The van der Waals surface area contributed by atoms with Crippen molar-refractivity contribution in [3.05, 3.63) is 64.8 Å². The SMILES string of the molecule is COc1cccc2cc(C(=O)NCC3CCN(c4cccnc4)CC3)c(=O)oc12. The van der Waals surface area contributed by atoms with Crippen LogP contribution in [0.4, 0.5) is 5.69 Å². The van der Waals surface area contributed by atoms with Gasteiger partial charge in [-0.1, -0.05) is 12.1 Å².